The van der Waals surface area contributed by atoms with Crippen LogP contribution in [0.1, 0.15) is 42.4 Å². The van der Waals surface area contributed by atoms with Crippen LogP contribution in [0.5, 0.6) is 0 Å². The molecule has 6 nitrogen and oxygen atoms in total. The lowest BCUT2D eigenvalue weighted by Crippen LogP contribution is -2.50. The highest BCUT2D eigenvalue weighted by Gasteiger charge is 2.52. The summed E-state index contributed by atoms with van der Waals surface area (Å²) >= 11 is 3.19. The van der Waals surface area contributed by atoms with Crippen LogP contribution >= 0.6 is 22.7 Å². The van der Waals surface area contributed by atoms with Crippen molar-refractivity contribution in [1.29, 1.82) is 0 Å². The first-order chi connectivity index (χ1) is 14.0. The molecule has 0 radical (unpaired) electrons. The Morgan fingerprint density at radius 2 is 1.72 bits per heavy atom. The Balaban J connectivity index is 1.47. The van der Waals surface area contributed by atoms with Crippen LogP contribution in [0.2, 0.25) is 0 Å². The molecule has 2 aliphatic rings. The van der Waals surface area contributed by atoms with Crippen molar-refractivity contribution >= 4 is 40.5 Å². The first-order valence-corrected chi connectivity index (χ1v) is 11.7. The van der Waals surface area contributed by atoms with Crippen molar-refractivity contribution in [2.45, 2.75) is 51.2 Å². The zero-order valence-electron chi connectivity index (χ0n) is 16.4. The molecule has 8 heteroatoms. The van der Waals surface area contributed by atoms with Gasteiger partial charge in [-0.1, -0.05) is 19.1 Å². The molecule has 0 aromatic carbocycles. The molecule has 0 bridgehead atoms. The van der Waals surface area contributed by atoms with E-state index in [0.717, 1.165) is 27.5 Å². The Bertz CT molecular complexity index is 835. The quantitative estimate of drug-likeness (QED) is 0.707. The maximum absolute atomic E-state index is 13.1. The zero-order chi connectivity index (χ0) is 20.4. The summed E-state index contributed by atoms with van der Waals surface area (Å²) in [5, 5.41) is 6.86. The van der Waals surface area contributed by atoms with Crippen molar-refractivity contribution in [2.75, 3.05) is 6.54 Å². The Labute approximate surface area is 178 Å². The summed E-state index contributed by atoms with van der Waals surface area (Å²) in [6.45, 7) is 2.91. The number of amides is 4. The second-order valence-corrected chi connectivity index (χ2v) is 10.1. The van der Waals surface area contributed by atoms with E-state index in [-0.39, 0.29) is 18.4 Å². The Morgan fingerprint density at radius 1 is 1.14 bits per heavy atom. The van der Waals surface area contributed by atoms with Crippen LogP contribution in [0, 0.1) is 5.92 Å². The summed E-state index contributed by atoms with van der Waals surface area (Å²) < 4.78 is 0. The number of nitrogens with zero attached hydrogens (tertiary/aromatic N) is 2. The third-order valence-electron chi connectivity index (χ3n) is 5.87. The average Bonchev–Trinajstić information content (AvgIpc) is 3.44. The van der Waals surface area contributed by atoms with Crippen LogP contribution in [-0.2, 0) is 22.7 Å². The predicted molar refractivity (Wildman–Crippen MR) is 113 cm³/mol. The highest BCUT2D eigenvalue weighted by atomic mass is 32.1. The molecule has 0 atom stereocenters. The van der Waals surface area contributed by atoms with Gasteiger partial charge < -0.3 is 10.2 Å². The molecular formula is C21H25N3O3S2. The molecule has 2 fully saturated rings. The van der Waals surface area contributed by atoms with Crippen molar-refractivity contribution in [3.05, 3.63) is 44.8 Å². The van der Waals surface area contributed by atoms with Gasteiger partial charge in [0.15, 0.2) is 0 Å². The summed E-state index contributed by atoms with van der Waals surface area (Å²) in [5.41, 5.74) is -0.809. The first-order valence-electron chi connectivity index (χ1n) is 9.93. The lowest BCUT2D eigenvalue weighted by Gasteiger charge is -2.33. The number of hydrogen-bond donors (Lipinski definition) is 1. The van der Waals surface area contributed by atoms with E-state index in [1.165, 1.54) is 0 Å². The van der Waals surface area contributed by atoms with Crippen LogP contribution in [-0.4, -0.2) is 39.7 Å². The van der Waals surface area contributed by atoms with E-state index < -0.39 is 11.6 Å². The van der Waals surface area contributed by atoms with E-state index >= 15 is 0 Å². The molecule has 2 aromatic heterocycles. The molecule has 3 heterocycles. The van der Waals surface area contributed by atoms with Gasteiger partial charge in [0.1, 0.15) is 12.1 Å². The van der Waals surface area contributed by atoms with Crippen LogP contribution in [0.4, 0.5) is 4.79 Å². The molecule has 1 aliphatic carbocycles. The number of thiophene rings is 2. The number of urea groups is 1. The van der Waals surface area contributed by atoms with Crippen LogP contribution in [0.25, 0.3) is 0 Å². The molecule has 1 saturated carbocycles. The van der Waals surface area contributed by atoms with Gasteiger partial charge in [0.2, 0.25) is 5.91 Å². The maximum Gasteiger partial charge on any atom is 0.325 e. The van der Waals surface area contributed by atoms with E-state index in [1.807, 2.05) is 35.0 Å². The summed E-state index contributed by atoms with van der Waals surface area (Å²) in [5.74, 6) is 0.111. The van der Waals surface area contributed by atoms with Gasteiger partial charge in [0, 0.05) is 9.75 Å². The van der Waals surface area contributed by atoms with Gasteiger partial charge in [-0.2, -0.15) is 0 Å². The van der Waals surface area contributed by atoms with Crippen LogP contribution < -0.4 is 5.32 Å². The molecule has 154 valence electrons. The van der Waals surface area contributed by atoms with Gasteiger partial charge >= 0.3 is 6.03 Å². The third kappa shape index (κ3) is 4.23. The highest BCUT2D eigenvalue weighted by molar-refractivity contribution is 7.10. The second kappa shape index (κ2) is 8.28. The third-order valence-corrected chi connectivity index (χ3v) is 7.60. The molecule has 1 spiro atoms. The van der Waals surface area contributed by atoms with Gasteiger partial charge in [-0.25, -0.2) is 4.79 Å². The minimum absolute atomic E-state index is 0.210. The van der Waals surface area contributed by atoms with Gasteiger partial charge in [-0.3, -0.25) is 14.5 Å². The lowest BCUT2D eigenvalue weighted by molar-refractivity contribution is -0.140. The maximum atomic E-state index is 13.1. The van der Waals surface area contributed by atoms with Gasteiger partial charge in [-0.15, -0.1) is 22.7 Å². The largest absolute Gasteiger partial charge is 0.331 e. The summed E-state index contributed by atoms with van der Waals surface area (Å²) in [7, 11) is 0. The summed E-state index contributed by atoms with van der Waals surface area (Å²) in [4.78, 5) is 43.7. The van der Waals surface area contributed by atoms with E-state index in [1.54, 1.807) is 27.6 Å². The van der Waals surface area contributed by atoms with Crippen molar-refractivity contribution in [3.63, 3.8) is 0 Å². The van der Waals surface area contributed by atoms with E-state index in [4.69, 9.17) is 0 Å². The van der Waals surface area contributed by atoms with Gasteiger partial charge in [0.05, 0.1) is 13.1 Å². The molecule has 29 heavy (non-hydrogen) atoms. The van der Waals surface area contributed by atoms with Gasteiger partial charge in [-0.05, 0) is 54.5 Å². The lowest BCUT2D eigenvalue weighted by atomic mass is 9.77. The molecule has 1 saturated heterocycles. The number of carbonyl (C=O) groups is 3. The predicted octanol–water partition coefficient (Wildman–Crippen LogP) is 3.84. The number of rotatable bonds is 6. The van der Waals surface area contributed by atoms with E-state index in [9.17, 15) is 14.4 Å². The Morgan fingerprint density at radius 3 is 2.24 bits per heavy atom. The topological polar surface area (TPSA) is 69.7 Å². The highest BCUT2D eigenvalue weighted by Crippen LogP contribution is 2.36. The molecule has 2 aromatic rings. The van der Waals surface area contributed by atoms with Crippen molar-refractivity contribution in [1.82, 2.24) is 15.1 Å². The first kappa shape index (κ1) is 20.1. The van der Waals surface area contributed by atoms with Crippen LogP contribution in [0.3, 0.4) is 0 Å². The van der Waals surface area contributed by atoms with Gasteiger partial charge in [0.25, 0.3) is 5.91 Å². The smallest absolute Gasteiger partial charge is 0.325 e. The normalized spacial score (nSPS) is 24.2. The standard InChI is InChI=1S/C21H25N3O3S2/c1-15-6-8-21(9-7-15)19(26)24(20(27)22-21)14-18(25)23(12-16-4-2-10-28-16)13-17-5-3-11-29-17/h2-5,10-11,15H,6-9,12-14H2,1H3,(H,22,27). The van der Waals surface area contributed by atoms with Crippen LogP contribution in [0.15, 0.2) is 35.0 Å². The number of imide groups is 1. The average molecular weight is 432 g/mol. The monoisotopic (exact) mass is 431 g/mol. The fourth-order valence-electron chi connectivity index (χ4n) is 4.06. The van der Waals surface area contributed by atoms with E-state index in [0.29, 0.717) is 31.8 Å². The number of hydrogen-bond acceptors (Lipinski definition) is 5. The second-order valence-electron chi connectivity index (χ2n) is 7.99. The minimum Gasteiger partial charge on any atom is -0.331 e. The number of carbonyl (C=O) groups excluding carboxylic acids is 3. The molecule has 1 aliphatic heterocycles. The SMILES string of the molecule is CC1CCC2(CC1)NC(=O)N(CC(=O)N(Cc1cccs1)Cc1cccs1)C2=O. The Hall–Kier alpha value is -2.19. The Kier molecular flexibility index (Phi) is 5.74. The molecular weight excluding hydrogens is 406 g/mol. The molecule has 1 N–H and O–H groups in total. The summed E-state index contributed by atoms with van der Waals surface area (Å²) in [6.07, 6.45) is 3.13. The fourth-order valence-corrected chi connectivity index (χ4v) is 5.50. The fraction of sp³-hybridized carbons (Fsp3) is 0.476. The molecule has 4 rings (SSSR count). The zero-order valence-corrected chi connectivity index (χ0v) is 18.1. The van der Waals surface area contributed by atoms with Crippen molar-refractivity contribution < 1.29 is 14.4 Å². The van der Waals surface area contributed by atoms with Crippen molar-refractivity contribution in [2.24, 2.45) is 5.92 Å². The van der Waals surface area contributed by atoms with E-state index in [2.05, 4.69) is 12.2 Å². The number of nitrogens with one attached hydrogen (secondary N) is 1. The molecule has 0 unspecified atom stereocenters. The minimum atomic E-state index is -0.809. The van der Waals surface area contributed by atoms with Crippen molar-refractivity contribution in [3.8, 4) is 0 Å². The summed E-state index contributed by atoms with van der Waals surface area (Å²) in [6, 6.07) is 7.46. The molecule has 4 amide bonds.